The van der Waals surface area contributed by atoms with E-state index in [1.54, 1.807) is 12.1 Å². The molecule has 0 saturated carbocycles. The van der Waals surface area contributed by atoms with Crippen LogP contribution in [-0.2, 0) is 4.79 Å². The number of thioether (sulfide) groups is 1. The number of hydrogen-bond acceptors (Lipinski definition) is 6. The first-order chi connectivity index (χ1) is 12.2. The lowest BCUT2D eigenvalue weighted by Crippen LogP contribution is -2.35. The van der Waals surface area contributed by atoms with Crippen molar-refractivity contribution in [3.05, 3.63) is 30.1 Å². The van der Waals surface area contributed by atoms with Crippen molar-refractivity contribution in [3.63, 3.8) is 0 Å². The molecule has 1 aliphatic heterocycles. The minimum Gasteiger partial charge on any atom is -0.342 e. The van der Waals surface area contributed by atoms with Crippen molar-refractivity contribution in [2.24, 2.45) is 0 Å². The van der Waals surface area contributed by atoms with Gasteiger partial charge in [-0.1, -0.05) is 48.4 Å². The Labute approximate surface area is 155 Å². The molecule has 0 atom stereocenters. The van der Waals surface area contributed by atoms with Crippen LogP contribution < -0.4 is 5.32 Å². The second-order valence-corrected chi connectivity index (χ2v) is 8.15. The van der Waals surface area contributed by atoms with Crippen molar-refractivity contribution < 1.29 is 9.18 Å². The third kappa shape index (κ3) is 5.67. The van der Waals surface area contributed by atoms with Crippen LogP contribution in [0.3, 0.4) is 0 Å². The van der Waals surface area contributed by atoms with Gasteiger partial charge in [0.05, 0.1) is 5.75 Å². The molecule has 0 aliphatic carbocycles. The Hall–Kier alpha value is -1.67. The molecular weight excluding hydrogens is 359 g/mol. The van der Waals surface area contributed by atoms with Crippen LogP contribution in [-0.4, -0.2) is 39.8 Å². The van der Waals surface area contributed by atoms with Crippen LogP contribution in [0.1, 0.15) is 32.1 Å². The molecule has 2 heterocycles. The quantitative estimate of drug-likeness (QED) is 0.784. The highest BCUT2D eigenvalue weighted by Crippen LogP contribution is 2.28. The molecule has 8 heteroatoms. The highest BCUT2D eigenvalue weighted by Gasteiger charge is 2.16. The van der Waals surface area contributed by atoms with Crippen LogP contribution >= 0.6 is 23.1 Å². The van der Waals surface area contributed by atoms with Gasteiger partial charge < -0.3 is 10.2 Å². The van der Waals surface area contributed by atoms with Crippen molar-refractivity contribution in [1.29, 1.82) is 0 Å². The molecule has 0 radical (unpaired) electrons. The summed E-state index contributed by atoms with van der Waals surface area (Å²) >= 11 is 2.77. The fraction of sp³-hybridized carbons (Fsp3) is 0.471. The van der Waals surface area contributed by atoms with E-state index >= 15 is 0 Å². The molecule has 1 N–H and O–H groups in total. The van der Waals surface area contributed by atoms with Crippen LogP contribution in [0.25, 0.3) is 0 Å². The van der Waals surface area contributed by atoms with Crippen LogP contribution in [0.5, 0.6) is 0 Å². The van der Waals surface area contributed by atoms with Crippen LogP contribution in [0, 0.1) is 5.82 Å². The molecular formula is C17H21FN4OS2. The number of rotatable bonds is 5. The van der Waals surface area contributed by atoms with E-state index in [0.29, 0.717) is 16.6 Å². The highest BCUT2D eigenvalue weighted by atomic mass is 32.2. The molecule has 1 aromatic carbocycles. The lowest BCUT2D eigenvalue weighted by molar-refractivity contribution is -0.128. The van der Waals surface area contributed by atoms with Crippen molar-refractivity contribution >= 4 is 39.8 Å². The molecule has 2 aromatic rings. The van der Waals surface area contributed by atoms with Gasteiger partial charge in [0.1, 0.15) is 5.82 Å². The fourth-order valence-corrected chi connectivity index (χ4v) is 4.39. The third-order valence-corrected chi connectivity index (χ3v) is 5.97. The number of hydrogen-bond donors (Lipinski definition) is 1. The second-order valence-electron chi connectivity index (χ2n) is 5.95. The molecule has 0 spiro atoms. The van der Waals surface area contributed by atoms with E-state index in [9.17, 15) is 9.18 Å². The number of halogens is 1. The second kappa shape index (κ2) is 9.15. The Kier molecular flexibility index (Phi) is 6.63. The predicted octanol–water partition coefficient (Wildman–Crippen LogP) is 4.31. The molecule has 0 bridgehead atoms. The van der Waals surface area contributed by atoms with E-state index in [2.05, 4.69) is 15.5 Å². The molecule has 134 valence electrons. The fourth-order valence-electron chi connectivity index (χ4n) is 2.72. The highest BCUT2D eigenvalue weighted by molar-refractivity contribution is 8.01. The largest absolute Gasteiger partial charge is 0.342 e. The summed E-state index contributed by atoms with van der Waals surface area (Å²) in [5, 5.41) is 11.8. The summed E-state index contributed by atoms with van der Waals surface area (Å²) in [6.07, 6.45) is 5.89. The van der Waals surface area contributed by atoms with Crippen molar-refractivity contribution in [2.75, 3.05) is 24.2 Å². The molecule has 3 rings (SSSR count). The minimum absolute atomic E-state index is 0.168. The Balaban J connectivity index is 1.50. The molecule has 1 amide bonds. The maximum atomic E-state index is 13.2. The Bertz CT molecular complexity index is 701. The summed E-state index contributed by atoms with van der Waals surface area (Å²) in [5.74, 6) is 0.249. The number of benzene rings is 1. The smallest absolute Gasteiger partial charge is 0.233 e. The maximum absolute atomic E-state index is 13.2. The van der Waals surface area contributed by atoms with Crippen molar-refractivity contribution in [3.8, 4) is 0 Å². The first-order valence-corrected chi connectivity index (χ1v) is 10.3. The lowest BCUT2D eigenvalue weighted by Gasteiger charge is -2.24. The maximum Gasteiger partial charge on any atom is 0.233 e. The van der Waals surface area contributed by atoms with E-state index < -0.39 is 0 Å². The van der Waals surface area contributed by atoms with E-state index in [1.807, 2.05) is 4.90 Å². The predicted molar refractivity (Wildman–Crippen MR) is 100.0 cm³/mol. The van der Waals surface area contributed by atoms with E-state index in [4.69, 9.17) is 0 Å². The lowest BCUT2D eigenvalue weighted by atomic mass is 10.1. The SMILES string of the molecule is O=C(CSc1nnc(Nc2cccc(F)c2)s1)N1CCCCCCC1. The molecule has 1 saturated heterocycles. The average Bonchev–Trinajstić information content (AvgIpc) is 3.00. The number of aromatic nitrogens is 2. The molecule has 25 heavy (non-hydrogen) atoms. The van der Waals surface area contributed by atoms with Gasteiger partial charge >= 0.3 is 0 Å². The first kappa shape index (κ1) is 18.1. The summed E-state index contributed by atoms with van der Waals surface area (Å²) in [4.78, 5) is 14.3. The topological polar surface area (TPSA) is 58.1 Å². The van der Waals surface area contributed by atoms with Gasteiger partial charge in [-0.05, 0) is 31.0 Å². The van der Waals surface area contributed by atoms with Crippen molar-refractivity contribution in [1.82, 2.24) is 15.1 Å². The van der Waals surface area contributed by atoms with E-state index in [0.717, 1.165) is 30.3 Å². The number of amides is 1. The number of carbonyl (C=O) groups excluding carboxylic acids is 1. The summed E-state index contributed by atoms with van der Waals surface area (Å²) in [5.41, 5.74) is 0.629. The van der Waals surface area contributed by atoms with Gasteiger partial charge in [-0.25, -0.2) is 4.39 Å². The zero-order chi connectivity index (χ0) is 17.5. The third-order valence-electron chi connectivity index (χ3n) is 4.01. The summed E-state index contributed by atoms with van der Waals surface area (Å²) < 4.78 is 13.9. The molecule has 1 fully saturated rings. The Morgan fingerprint density at radius 3 is 2.72 bits per heavy atom. The number of anilines is 2. The van der Waals surface area contributed by atoms with Crippen LogP contribution in [0.2, 0.25) is 0 Å². The van der Waals surface area contributed by atoms with Gasteiger partial charge in [0.2, 0.25) is 11.0 Å². The minimum atomic E-state index is -0.303. The number of nitrogens with zero attached hydrogens (tertiary/aromatic N) is 3. The van der Waals surface area contributed by atoms with Gasteiger partial charge in [-0.3, -0.25) is 4.79 Å². The van der Waals surface area contributed by atoms with Crippen LogP contribution in [0.4, 0.5) is 15.2 Å². The van der Waals surface area contributed by atoms with Gasteiger partial charge in [0.25, 0.3) is 0 Å². The first-order valence-electron chi connectivity index (χ1n) is 8.47. The number of nitrogens with one attached hydrogen (secondary N) is 1. The molecule has 5 nitrogen and oxygen atoms in total. The van der Waals surface area contributed by atoms with Gasteiger partial charge in [-0.2, -0.15) is 0 Å². The van der Waals surface area contributed by atoms with Crippen LogP contribution in [0.15, 0.2) is 28.6 Å². The zero-order valence-electron chi connectivity index (χ0n) is 13.9. The Morgan fingerprint density at radius 2 is 1.96 bits per heavy atom. The summed E-state index contributed by atoms with van der Waals surface area (Å²) in [6, 6.07) is 6.20. The normalized spacial score (nSPS) is 15.5. The van der Waals surface area contributed by atoms with Gasteiger partial charge in [-0.15, -0.1) is 10.2 Å². The van der Waals surface area contributed by atoms with E-state index in [1.165, 1.54) is 54.5 Å². The number of likely N-dealkylation sites (tertiary alicyclic amines) is 1. The number of carbonyl (C=O) groups is 1. The monoisotopic (exact) mass is 380 g/mol. The summed E-state index contributed by atoms with van der Waals surface area (Å²) in [6.45, 7) is 1.73. The molecule has 1 aliphatic rings. The summed E-state index contributed by atoms with van der Waals surface area (Å²) in [7, 11) is 0. The van der Waals surface area contributed by atoms with Gasteiger partial charge in [0.15, 0.2) is 4.34 Å². The molecule has 0 unspecified atom stereocenters. The molecule has 1 aromatic heterocycles. The average molecular weight is 381 g/mol. The standard InChI is InChI=1S/C17H21FN4OS2/c18-13-7-6-8-14(11-13)19-16-20-21-17(25-16)24-12-15(23)22-9-4-2-1-3-5-10-22/h6-8,11H,1-5,9-10,12H2,(H,19,20). The Morgan fingerprint density at radius 1 is 1.20 bits per heavy atom. The zero-order valence-corrected chi connectivity index (χ0v) is 15.5. The van der Waals surface area contributed by atoms with Gasteiger partial charge in [0, 0.05) is 18.8 Å². The van der Waals surface area contributed by atoms with Crippen molar-refractivity contribution in [2.45, 2.75) is 36.4 Å². The van der Waals surface area contributed by atoms with E-state index in [-0.39, 0.29) is 11.7 Å².